The summed E-state index contributed by atoms with van der Waals surface area (Å²) in [4.78, 5) is 14.7. The summed E-state index contributed by atoms with van der Waals surface area (Å²) < 4.78 is 5.46. The number of nitrogen functional groups attached to an aromatic ring is 1. The minimum Gasteiger partial charge on any atom is -0.432 e. The third-order valence-corrected chi connectivity index (χ3v) is 2.71. The molecule has 104 valence electrons. The Kier molecular flexibility index (Phi) is 4.11. The molecule has 0 aliphatic heterocycles. The highest BCUT2D eigenvalue weighted by molar-refractivity contribution is 5.50. The van der Waals surface area contributed by atoms with E-state index in [0.29, 0.717) is 12.2 Å². The first kappa shape index (κ1) is 13.8. The molecule has 0 radical (unpaired) electrons. The Labute approximate surface area is 115 Å². The second kappa shape index (κ2) is 5.98. The second-order valence-corrected chi connectivity index (χ2v) is 4.02. The zero-order chi connectivity index (χ0) is 14.5. The minimum absolute atomic E-state index is 0.0859. The molecule has 0 amide bonds. The van der Waals surface area contributed by atoms with E-state index in [4.69, 9.17) is 10.6 Å². The van der Waals surface area contributed by atoms with E-state index < -0.39 is 4.92 Å². The maximum Gasteiger partial charge on any atom is 0.311 e. The summed E-state index contributed by atoms with van der Waals surface area (Å²) in [7, 11) is 0. The van der Waals surface area contributed by atoms with Gasteiger partial charge in [-0.1, -0.05) is 19.1 Å². The first-order valence-corrected chi connectivity index (χ1v) is 6.03. The van der Waals surface area contributed by atoms with Crippen LogP contribution in [0.25, 0.3) is 0 Å². The lowest BCUT2D eigenvalue weighted by Crippen LogP contribution is -2.08. The second-order valence-electron chi connectivity index (χ2n) is 4.02. The Balaban J connectivity index is 2.34. The van der Waals surface area contributed by atoms with Crippen molar-refractivity contribution in [1.82, 2.24) is 4.98 Å². The highest BCUT2D eigenvalue weighted by atomic mass is 16.6. The smallest absolute Gasteiger partial charge is 0.311 e. The number of rotatable bonds is 5. The molecule has 7 nitrogen and oxygen atoms in total. The van der Waals surface area contributed by atoms with Gasteiger partial charge in [0.15, 0.2) is 0 Å². The third kappa shape index (κ3) is 3.01. The van der Waals surface area contributed by atoms with E-state index >= 15 is 0 Å². The van der Waals surface area contributed by atoms with E-state index in [2.05, 4.69) is 10.4 Å². The van der Waals surface area contributed by atoms with Crippen molar-refractivity contribution in [2.45, 2.75) is 13.3 Å². The lowest BCUT2D eigenvalue weighted by Gasteiger charge is -2.07. The van der Waals surface area contributed by atoms with E-state index in [1.807, 2.05) is 6.92 Å². The van der Waals surface area contributed by atoms with Crippen molar-refractivity contribution in [3.63, 3.8) is 0 Å². The molecular weight excluding hydrogens is 260 g/mol. The zero-order valence-corrected chi connectivity index (χ0v) is 10.9. The summed E-state index contributed by atoms with van der Waals surface area (Å²) in [5.74, 6) is 6.04. The number of nitrogens with zero attached hydrogens (tertiary/aromatic N) is 2. The number of aryl methyl sites for hydroxylation is 1. The molecular formula is C13H14N4O3. The zero-order valence-electron chi connectivity index (χ0n) is 10.9. The Morgan fingerprint density at radius 1 is 1.40 bits per heavy atom. The molecule has 0 atom stereocenters. The topological polar surface area (TPSA) is 103 Å². The van der Waals surface area contributed by atoms with Crippen molar-refractivity contribution in [2.75, 3.05) is 5.43 Å². The molecule has 1 aromatic heterocycles. The number of nitrogens with two attached hydrogens (primary N) is 1. The molecule has 1 aromatic carbocycles. The molecule has 0 aliphatic carbocycles. The summed E-state index contributed by atoms with van der Waals surface area (Å²) >= 11 is 0. The first-order chi connectivity index (χ1) is 9.63. The number of hydrazine groups is 1. The average Bonchev–Trinajstić information content (AvgIpc) is 2.47. The fraction of sp³-hybridized carbons (Fsp3) is 0.154. The SMILES string of the molecule is CCc1ccc(Oc2cccc(NN)n2)c([N+](=O)[O-])c1. The Hall–Kier alpha value is -2.67. The van der Waals surface area contributed by atoms with Gasteiger partial charge in [0.05, 0.1) is 4.92 Å². The van der Waals surface area contributed by atoms with Crippen LogP contribution in [0.2, 0.25) is 0 Å². The van der Waals surface area contributed by atoms with E-state index in [9.17, 15) is 10.1 Å². The fourth-order valence-corrected chi connectivity index (χ4v) is 1.68. The number of hydrogen-bond acceptors (Lipinski definition) is 6. The van der Waals surface area contributed by atoms with Crippen LogP contribution >= 0.6 is 0 Å². The van der Waals surface area contributed by atoms with Crippen molar-refractivity contribution in [2.24, 2.45) is 5.84 Å². The molecule has 1 heterocycles. The van der Waals surface area contributed by atoms with Crippen LogP contribution in [-0.2, 0) is 6.42 Å². The van der Waals surface area contributed by atoms with Gasteiger partial charge in [0, 0.05) is 12.1 Å². The molecule has 20 heavy (non-hydrogen) atoms. The van der Waals surface area contributed by atoms with Crippen LogP contribution in [0.3, 0.4) is 0 Å². The van der Waals surface area contributed by atoms with Crippen LogP contribution in [0.5, 0.6) is 11.6 Å². The molecule has 0 aliphatic rings. The van der Waals surface area contributed by atoms with E-state index in [-0.39, 0.29) is 17.3 Å². The van der Waals surface area contributed by atoms with Crippen LogP contribution in [0.4, 0.5) is 11.5 Å². The summed E-state index contributed by atoms with van der Waals surface area (Å²) in [5, 5.41) is 11.1. The van der Waals surface area contributed by atoms with Crippen LogP contribution in [-0.4, -0.2) is 9.91 Å². The van der Waals surface area contributed by atoms with Crippen LogP contribution in [0.15, 0.2) is 36.4 Å². The van der Waals surface area contributed by atoms with Crippen LogP contribution < -0.4 is 16.0 Å². The molecule has 7 heteroatoms. The molecule has 2 aromatic rings. The molecule has 0 fully saturated rings. The molecule has 0 unspecified atom stereocenters. The number of nitrogens with one attached hydrogen (secondary N) is 1. The largest absolute Gasteiger partial charge is 0.432 e. The van der Waals surface area contributed by atoms with Crippen molar-refractivity contribution in [1.29, 1.82) is 0 Å². The van der Waals surface area contributed by atoms with Crippen molar-refractivity contribution in [3.05, 3.63) is 52.1 Å². The van der Waals surface area contributed by atoms with Crippen LogP contribution in [0, 0.1) is 10.1 Å². The van der Waals surface area contributed by atoms with Gasteiger partial charge in [-0.15, -0.1) is 0 Å². The van der Waals surface area contributed by atoms with Crippen LogP contribution in [0.1, 0.15) is 12.5 Å². The summed E-state index contributed by atoms with van der Waals surface area (Å²) in [5.41, 5.74) is 3.17. The van der Waals surface area contributed by atoms with Gasteiger partial charge >= 0.3 is 5.69 Å². The van der Waals surface area contributed by atoms with Crippen molar-refractivity contribution < 1.29 is 9.66 Å². The quantitative estimate of drug-likeness (QED) is 0.493. The van der Waals surface area contributed by atoms with Crippen molar-refractivity contribution in [3.8, 4) is 11.6 Å². The predicted molar refractivity (Wildman–Crippen MR) is 74.6 cm³/mol. The van der Waals surface area contributed by atoms with E-state index in [1.54, 1.807) is 30.3 Å². The van der Waals surface area contributed by atoms with Gasteiger partial charge in [0.2, 0.25) is 11.6 Å². The molecule has 3 N–H and O–H groups in total. The van der Waals surface area contributed by atoms with Gasteiger partial charge in [-0.05, 0) is 24.1 Å². The number of hydrogen-bond donors (Lipinski definition) is 2. The minimum atomic E-state index is -0.473. The number of aromatic nitrogens is 1. The summed E-state index contributed by atoms with van der Waals surface area (Å²) in [6.45, 7) is 1.93. The maximum absolute atomic E-state index is 11.1. The van der Waals surface area contributed by atoms with Gasteiger partial charge in [-0.25, -0.2) is 5.84 Å². The fourth-order valence-electron chi connectivity index (χ4n) is 1.68. The number of ether oxygens (including phenoxy) is 1. The Morgan fingerprint density at radius 3 is 2.85 bits per heavy atom. The van der Waals surface area contributed by atoms with Crippen molar-refractivity contribution >= 4 is 11.5 Å². The van der Waals surface area contributed by atoms with E-state index in [0.717, 1.165) is 5.56 Å². The lowest BCUT2D eigenvalue weighted by atomic mass is 10.1. The highest BCUT2D eigenvalue weighted by Crippen LogP contribution is 2.31. The number of benzene rings is 1. The number of pyridine rings is 1. The number of nitro benzene ring substituents is 1. The summed E-state index contributed by atoms with van der Waals surface area (Å²) in [6.07, 6.45) is 0.714. The van der Waals surface area contributed by atoms with Gasteiger partial charge in [0.25, 0.3) is 0 Å². The lowest BCUT2D eigenvalue weighted by molar-refractivity contribution is -0.385. The first-order valence-electron chi connectivity index (χ1n) is 6.03. The normalized spacial score (nSPS) is 10.1. The Bertz CT molecular complexity index is 631. The van der Waals surface area contributed by atoms with Gasteiger partial charge in [-0.2, -0.15) is 4.98 Å². The molecule has 0 spiro atoms. The van der Waals surface area contributed by atoms with Gasteiger partial charge < -0.3 is 10.2 Å². The summed E-state index contributed by atoms with van der Waals surface area (Å²) in [6, 6.07) is 9.79. The average molecular weight is 274 g/mol. The third-order valence-electron chi connectivity index (χ3n) is 2.71. The van der Waals surface area contributed by atoms with E-state index in [1.165, 1.54) is 6.07 Å². The monoisotopic (exact) mass is 274 g/mol. The van der Waals surface area contributed by atoms with Gasteiger partial charge in [-0.3, -0.25) is 10.1 Å². The number of nitro groups is 1. The maximum atomic E-state index is 11.1. The molecule has 0 bridgehead atoms. The van der Waals surface area contributed by atoms with Gasteiger partial charge in [0.1, 0.15) is 5.82 Å². The Morgan fingerprint density at radius 2 is 2.20 bits per heavy atom. The number of anilines is 1. The molecule has 2 rings (SSSR count). The predicted octanol–water partition coefficient (Wildman–Crippen LogP) is 2.63. The highest BCUT2D eigenvalue weighted by Gasteiger charge is 2.16. The molecule has 0 saturated heterocycles. The molecule has 0 saturated carbocycles. The standard InChI is InChI=1S/C13H14N4O3/c1-2-9-6-7-11(10(8-9)17(18)19)20-13-5-3-4-12(15-13)16-14/h3-8H,2,14H2,1H3,(H,15,16).